The lowest BCUT2D eigenvalue weighted by atomic mass is 9.96. The molecule has 2 aromatic rings. The molecule has 2 fully saturated rings. The number of carbonyl (C=O) groups is 1. The Kier molecular flexibility index (Phi) is 5.99. The Morgan fingerprint density at radius 1 is 1.16 bits per heavy atom. The monoisotopic (exact) mass is 458 g/mol. The number of sulfone groups is 1. The lowest BCUT2D eigenvalue weighted by Crippen LogP contribution is -2.45. The van der Waals surface area contributed by atoms with Crippen LogP contribution in [-0.2, 0) is 27.4 Å². The Morgan fingerprint density at radius 2 is 1.87 bits per heavy atom. The summed E-state index contributed by atoms with van der Waals surface area (Å²) in [4.78, 5) is 18.0. The molecule has 1 unspecified atom stereocenters. The highest BCUT2D eigenvalue weighted by atomic mass is 32.2. The number of alkyl halides is 3. The van der Waals surface area contributed by atoms with Crippen LogP contribution in [0.3, 0.4) is 0 Å². The van der Waals surface area contributed by atoms with Gasteiger partial charge in [-0.3, -0.25) is 9.69 Å². The molecule has 1 aromatic carbocycles. The summed E-state index contributed by atoms with van der Waals surface area (Å²) in [5, 5.41) is 2.78. The summed E-state index contributed by atoms with van der Waals surface area (Å²) in [6.45, 7) is 1.62. The van der Waals surface area contributed by atoms with E-state index in [0.29, 0.717) is 43.4 Å². The Labute approximate surface area is 178 Å². The van der Waals surface area contributed by atoms with Crippen molar-refractivity contribution in [3.63, 3.8) is 0 Å². The number of benzene rings is 1. The van der Waals surface area contributed by atoms with Crippen LogP contribution in [0.1, 0.15) is 25.1 Å². The van der Waals surface area contributed by atoms with Gasteiger partial charge in [0.1, 0.15) is 0 Å². The highest BCUT2D eigenvalue weighted by molar-refractivity contribution is 7.91. The molecule has 1 aromatic heterocycles. The van der Waals surface area contributed by atoms with Crippen molar-refractivity contribution >= 4 is 26.8 Å². The average molecular weight is 459 g/mol. The summed E-state index contributed by atoms with van der Waals surface area (Å²) in [5.74, 6) is -0.937. The zero-order valence-corrected chi connectivity index (χ0v) is 17.8. The number of nitrogens with one attached hydrogen (secondary N) is 1. The Balaban J connectivity index is 1.33. The van der Waals surface area contributed by atoms with E-state index in [2.05, 4.69) is 10.3 Å². The number of halogens is 3. The minimum atomic E-state index is -4.52. The highest BCUT2D eigenvalue weighted by Crippen LogP contribution is 2.33. The largest absolute Gasteiger partial charge is 0.449 e. The van der Waals surface area contributed by atoms with Gasteiger partial charge in [0.2, 0.25) is 11.7 Å². The number of amides is 1. The molecule has 1 amide bonds. The fraction of sp³-hybridized carbons (Fsp3) is 0.600. The fourth-order valence-electron chi connectivity index (χ4n) is 4.45. The topological polar surface area (TPSA) is 84.3 Å². The third kappa shape index (κ3) is 5.20. The minimum absolute atomic E-state index is 0.0127. The maximum atomic E-state index is 13.5. The van der Waals surface area contributed by atoms with Crippen LogP contribution in [0.4, 0.5) is 13.2 Å². The van der Waals surface area contributed by atoms with Gasteiger partial charge in [0.05, 0.1) is 29.1 Å². The van der Waals surface area contributed by atoms with E-state index in [9.17, 15) is 26.4 Å². The van der Waals surface area contributed by atoms with Gasteiger partial charge in [-0.05, 0) is 50.4 Å². The molecule has 0 aliphatic carbocycles. The molecule has 4 rings (SSSR count). The summed E-state index contributed by atoms with van der Waals surface area (Å²) < 4.78 is 64.7. The van der Waals surface area contributed by atoms with E-state index in [1.54, 1.807) is 24.3 Å². The highest BCUT2D eigenvalue weighted by Gasteiger charge is 2.38. The third-order valence-electron chi connectivity index (χ3n) is 6.02. The molecule has 2 saturated heterocycles. The molecule has 0 radical (unpaired) electrons. The summed E-state index contributed by atoms with van der Waals surface area (Å²) >= 11 is 0. The lowest BCUT2D eigenvalue weighted by molar-refractivity contribution is -0.147. The van der Waals surface area contributed by atoms with Gasteiger partial charge in [0, 0.05) is 12.6 Å². The zero-order chi connectivity index (χ0) is 22.2. The van der Waals surface area contributed by atoms with E-state index >= 15 is 0 Å². The molecule has 7 nitrogen and oxygen atoms in total. The Morgan fingerprint density at radius 3 is 2.52 bits per heavy atom. The van der Waals surface area contributed by atoms with Crippen molar-refractivity contribution in [3.05, 3.63) is 30.1 Å². The van der Waals surface area contributed by atoms with Crippen LogP contribution in [0.15, 0.2) is 24.3 Å². The maximum absolute atomic E-state index is 13.5. The SMILES string of the molecule is O=C(CN1CCC(Cn2c(C(F)(F)F)nc3ccccc32)CC1)NC1CCS(=O)(=O)C1. The second kappa shape index (κ2) is 8.42. The first-order valence-corrected chi connectivity index (χ1v) is 12.2. The van der Waals surface area contributed by atoms with Gasteiger partial charge >= 0.3 is 6.18 Å². The van der Waals surface area contributed by atoms with Crippen LogP contribution in [0, 0.1) is 5.92 Å². The predicted molar refractivity (Wildman–Crippen MR) is 109 cm³/mol. The number of imidazole rings is 1. The van der Waals surface area contributed by atoms with Crippen LogP contribution in [-0.4, -0.2) is 66.0 Å². The normalized spacial score (nSPS) is 22.7. The van der Waals surface area contributed by atoms with Crippen molar-refractivity contribution in [3.8, 4) is 0 Å². The van der Waals surface area contributed by atoms with Gasteiger partial charge < -0.3 is 9.88 Å². The molecule has 0 bridgehead atoms. The predicted octanol–water partition coefficient (Wildman–Crippen LogP) is 2.07. The van der Waals surface area contributed by atoms with Crippen molar-refractivity contribution in [1.82, 2.24) is 19.8 Å². The maximum Gasteiger partial charge on any atom is 0.449 e. The molecule has 3 heterocycles. The standard InChI is InChI=1S/C20H25F3N4O3S/c21-20(22,23)19-25-16-3-1-2-4-17(16)27(19)11-14-5-8-26(9-6-14)12-18(28)24-15-7-10-31(29,30)13-15/h1-4,14-15H,5-13H2,(H,24,28). The first-order valence-electron chi connectivity index (χ1n) is 10.4. The molecule has 0 spiro atoms. The van der Waals surface area contributed by atoms with Gasteiger partial charge in [-0.25, -0.2) is 13.4 Å². The van der Waals surface area contributed by atoms with Gasteiger partial charge in [0.15, 0.2) is 9.84 Å². The average Bonchev–Trinajstić information content (AvgIpc) is 3.23. The van der Waals surface area contributed by atoms with Crippen molar-refractivity contribution in [2.45, 2.75) is 38.0 Å². The van der Waals surface area contributed by atoms with Crippen molar-refractivity contribution < 1.29 is 26.4 Å². The van der Waals surface area contributed by atoms with Crippen LogP contribution < -0.4 is 5.32 Å². The molecule has 31 heavy (non-hydrogen) atoms. The smallest absolute Gasteiger partial charge is 0.351 e. The first-order chi connectivity index (χ1) is 14.6. The number of likely N-dealkylation sites (tertiary alicyclic amines) is 1. The third-order valence-corrected chi connectivity index (χ3v) is 7.79. The Bertz CT molecular complexity index is 1060. The quantitative estimate of drug-likeness (QED) is 0.742. The molecule has 2 aliphatic rings. The number of hydrogen-bond donors (Lipinski definition) is 1. The Hall–Kier alpha value is -2.14. The van der Waals surface area contributed by atoms with Crippen molar-refractivity contribution in [2.75, 3.05) is 31.1 Å². The van der Waals surface area contributed by atoms with Gasteiger partial charge in [0.25, 0.3) is 0 Å². The lowest BCUT2D eigenvalue weighted by Gasteiger charge is -2.32. The number of hydrogen-bond acceptors (Lipinski definition) is 5. The number of aromatic nitrogens is 2. The van der Waals surface area contributed by atoms with E-state index in [1.165, 1.54) is 4.57 Å². The number of rotatable bonds is 5. The summed E-state index contributed by atoms with van der Waals surface area (Å²) in [5.41, 5.74) is 0.806. The number of nitrogens with zero attached hydrogens (tertiary/aromatic N) is 3. The fourth-order valence-corrected chi connectivity index (χ4v) is 6.12. The molecule has 0 saturated carbocycles. The summed E-state index contributed by atoms with van der Waals surface area (Å²) in [7, 11) is -3.05. The second-order valence-electron chi connectivity index (χ2n) is 8.42. The number of para-hydroxylation sites is 2. The van der Waals surface area contributed by atoms with Crippen LogP contribution >= 0.6 is 0 Å². The number of carbonyl (C=O) groups excluding carboxylic acids is 1. The van der Waals surface area contributed by atoms with E-state index < -0.39 is 21.8 Å². The van der Waals surface area contributed by atoms with Crippen LogP contribution in [0.5, 0.6) is 0 Å². The van der Waals surface area contributed by atoms with E-state index in [4.69, 9.17) is 0 Å². The van der Waals surface area contributed by atoms with Crippen molar-refractivity contribution in [1.29, 1.82) is 0 Å². The molecular weight excluding hydrogens is 433 g/mol. The molecular formula is C20H25F3N4O3S. The molecule has 1 N–H and O–H groups in total. The van der Waals surface area contributed by atoms with Gasteiger partial charge in [-0.15, -0.1) is 0 Å². The van der Waals surface area contributed by atoms with Crippen LogP contribution in [0.2, 0.25) is 0 Å². The van der Waals surface area contributed by atoms with Gasteiger partial charge in [-0.1, -0.05) is 12.1 Å². The van der Waals surface area contributed by atoms with E-state index in [1.807, 2.05) is 4.90 Å². The molecule has 1 atom stereocenters. The molecule has 2 aliphatic heterocycles. The summed E-state index contributed by atoms with van der Waals surface area (Å²) in [6.07, 6.45) is -2.73. The summed E-state index contributed by atoms with van der Waals surface area (Å²) in [6, 6.07) is 6.28. The van der Waals surface area contributed by atoms with E-state index in [0.717, 1.165) is 0 Å². The first kappa shape index (κ1) is 22.1. The number of piperidine rings is 1. The van der Waals surface area contributed by atoms with Crippen LogP contribution in [0.25, 0.3) is 11.0 Å². The zero-order valence-electron chi connectivity index (χ0n) is 16.9. The minimum Gasteiger partial charge on any atom is -0.351 e. The number of fused-ring (bicyclic) bond motifs is 1. The second-order valence-corrected chi connectivity index (χ2v) is 10.6. The molecule has 11 heteroatoms. The van der Waals surface area contributed by atoms with Gasteiger partial charge in [-0.2, -0.15) is 13.2 Å². The van der Waals surface area contributed by atoms with Crippen molar-refractivity contribution in [2.24, 2.45) is 5.92 Å². The molecule has 170 valence electrons. The van der Waals surface area contributed by atoms with E-state index in [-0.39, 0.29) is 42.5 Å².